The van der Waals surface area contributed by atoms with E-state index in [2.05, 4.69) is 9.80 Å². The Balaban J connectivity index is 1.94. The monoisotopic (exact) mass is 267 g/mol. The molecule has 1 heterocycles. The van der Waals surface area contributed by atoms with Crippen molar-refractivity contribution in [1.29, 1.82) is 0 Å². The first-order valence-electron chi connectivity index (χ1n) is 6.12. The minimum Gasteiger partial charge on any atom is -0.369 e. The zero-order chi connectivity index (χ0) is 13.1. The molecule has 4 nitrogen and oxygen atoms in total. The molecule has 0 bridgehead atoms. The van der Waals surface area contributed by atoms with Crippen molar-refractivity contribution in [1.82, 2.24) is 4.90 Å². The van der Waals surface area contributed by atoms with Crippen molar-refractivity contribution >= 4 is 23.2 Å². The van der Waals surface area contributed by atoms with Crippen LogP contribution in [0.3, 0.4) is 0 Å². The first-order chi connectivity index (χ1) is 8.58. The average molecular weight is 268 g/mol. The molecule has 1 amide bonds. The maximum atomic E-state index is 11.1. The summed E-state index contributed by atoms with van der Waals surface area (Å²) < 4.78 is 0. The summed E-state index contributed by atoms with van der Waals surface area (Å²) in [5, 5.41) is 0.750. The number of primary amides is 1. The van der Waals surface area contributed by atoms with Crippen molar-refractivity contribution in [2.24, 2.45) is 5.73 Å². The van der Waals surface area contributed by atoms with Gasteiger partial charge in [0.25, 0.3) is 0 Å². The lowest BCUT2D eigenvalue weighted by Gasteiger charge is -2.38. The molecule has 5 heteroatoms. The van der Waals surface area contributed by atoms with Gasteiger partial charge in [-0.05, 0) is 31.2 Å². The normalized spacial score (nSPS) is 18.7. The Morgan fingerprint density at radius 1 is 1.22 bits per heavy atom. The SMILES string of the molecule is CC(C(N)=O)N1CCN(c2ccc(Cl)cc2)CC1. The molecule has 1 saturated heterocycles. The molecule has 0 radical (unpaired) electrons. The maximum absolute atomic E-state index is 11.1. The van der Waals surface area contributed by atoms with E-state index in [-0.39, 0.29) is 11.9 Å². The first-order valence-corrected chi connectivity index (χ1v) is 6.49. The summed E-state index contributed by atoms with van der Waals surface area (Å²) in [6.07, 6.45) is 0. The predicted molar refractivity (Wildman–Crippen MR) is 73.9 cm³/mol. The van der Waals surface area contributed by atoms with Gasteiger partial charge in [-0.25, -0.2) is 0 Å². The lowest BCUT2D eigenvalue weighted by molar-refractivity contribution is -0.122. The van der Waals surface area contributed by atoms with E-state index in [0.29, 0.717) is 0 Å². The van der Waals surface area contributed by atoms with E-state index in [1.165, 1.54) is 5.69 Å². The van der Waals surface area contributed by atoms with Crippen LogP contribution in [0.4, 0.5) is 5.69 Å². The van der Waals surface area contributed by atoms with E-state index in [1.807, 2.05) is 31.2 Å². The van der Waals surface area contributed by atoms with Crippen LogP contribution in [-0.4, -0.2) is 43.0 Å². The quantitative estimate of drug-likeness (QED) is 0.899. The van der Waals surface area contributed by atoms with Crippen LogP contribution in [0.1, 0.15) is 6.92 Å². The van der Waals surface area contributed by atoms with Gasteiger partial charge in [-0.2, -0.15) is 0 Å². The molecule has 0 spiro atoms. The van der Waals surface area contributed by atoms with Crippen molar-refractivity contribution in [3.05, 3.63) is 29.3 Å². The van der Waals surface area contributed by atoms with Gasteiger partial charge in [-0.3, -0.25) is 9.69 Å². The molecular formula is C13H18ClN3O. The summed E-state index contributed by atoms with van der Waals surface area (Å²) in [5.74, 6) is -0.255. The summed E-state index contributed by atoms with van der Waals surface area (Å²) in [7, 11) is 0. The standard InChI is InChI=1S/C13H18ClN3O/c1-10(13(15)18)16-6-8-17(9-7-16)12-4-2-11(14)3-5-12/h2-5,10H,6-9H2,1H3,(H2,15,18). The highest BCUT2D eigenvalue weighted by Crippen LogP contribution is 2.19. The second-order valence-electron chi connectivity index (χ2n) is 4.58. The Morgan fingerprint density at radius 2 is 1.78 bits per heavy atom. The summed E-state index contributed by atoms with van der Waals surface area (Å²) in [4.78, 5) is 15.6. The van der Waals surface area contributed by atoms with Gasteiger partial charge in [-0.1, -0.05) is 11.6 Å². The summed E-state index contributed by atoms with van der Waals surface area (Å²) in [6, 6.07) is 7.66. The second kappa shape index (κ2) is 5.59. The van der Waals surface area contributed by atoms with Gasteiger partial charge < -0.3 is 10.6 Å². The highest BCUT2D eigenvalue weighted by atomic mass is 35.5. The number of nitrogens with zero attached hydrogens (tertiary/aromatic N) is 2. The van der Waals surface area contributed by atoms with Gasteiger partial charge >= 0.3 is 0 Å². The number of anilines is 1. The summed E-state index contributed by atoms with van der Waals surface area (Å²) in [6.45, 7) is 5.37. The number of halogens is 1. The van der Waals surface area contributed by atoms with Gasteiger partial charge in [-0.15, -0.1) is 0 Å². The third kappa shape index (κ3) is 2.94. The fourth-order valence-electron chi connectivity index (χ4n) is 2.20. The molecular weight excluding hydrogens is 250 g/mol. The number of piperazine rings is 1. The third-order valence-corrected chi connectivity index (χ3v) is 3.72. The topological polar surface area (TPSA) is 49.6 Å². The predicted octanol–water partition coefficient (Wildman–Crippen LogP) is 1.34. The molecule has 1 atom stereocenters. The van der Waals surface area contributed by atoms with Crippen LogP contribution >= 0.6 is 11.6 Å². The largest absolute Gasteiger partial charge is 0.369 e. The molecule has 0 aromatic heterocycles. The molecule has 1 fully saturated rings. The van der Waals surface area contributed by atoms with E-state index in [9.17, 15) is 4.79 Å². The molecule has 1 aromatic carbocycles. The number of amides is 1. The van der Waals surface area contributed by atoms with E-state index in [0.717, 1.165) is 31.2 Å². The van der Waals surface area contributed by atoms with Crippen molar-refractivity contribution in [3.63, 3.8) is 0 Å². The van der Waals surface area contributed by atoms with Gasteiger partial charge in [0.15, 0.2) is 0 Å². The number of benzene rings is 1. The number of nitrogens with two attached hydrogens (primary N) is 1. The van der Waals surface area contributed by atoms with Crippen molar-refractivity contribution in [3.8, 4) is 0 Å². The number of hydrogen-bond acceptors (Lipinski definition) is 3. The van der Waals surface area contributed by atoms with Crippen LogP contribution in [0.5, 0.6) is 0 Å². The fourth-order valence-corrected chi connectivity index (χ4v) is 2.33. The highest BCUT2D eigenvalue weighted by Gasteiger charge is 2.23. The van der Waals surface area contributed by atoms with Gasteiger partial charge in [0.05, 0.1) is 6.04 Å². The third-order valence-electron chi connectivity index (χ3n) is 3.47. The lowest BCUT2D eigenvalue weighted by atomic mass is 10.2. The van der Waals surface area contributed by atoms with E-state index in [4.69, 9.17) is 17.3 Å². The van der Waals surface area contributed by atoms with E-state index in [1.54, 1.807) is 0 Å². The number of carbonyl (C=O) groups excluding carboxylic acids is 1. The number of rotatable bonds is 3. The van der Waals surface area contributed by atoms with Crippen LogP contribution in [0.15, 0.2) is 24.3 Å². The molecule has 0 aliphatic carbocycles. The summed E-state index contributed by atoms with van der Waals surface area (Å²) in [5.41, 5.74) is 6.49. The average Bonchev–Trinajstić information content (AvgIpc) is 2.39. The lowest BCUT2D eigenvalue weighted by Crippen LogP contribution is -2.53. The molecule has 1 aliphatic rings. The Kier molecular flexibility index (Phi) is 4.09. The molecule has 2 rings (SSSR count). The van der Waals surface area contributed by atoms with Gasteiger partial charge in [0.1, 0.15) is 0 Å². The second-order valence-corrected chi connectivity index (χ2v) is 5.01. The van der Waals surface area contributed by atoms with Crippen molar-refractivity contribution in [2.45, 2.75) is 13.0 Å². The van der Waals surface area contributed by atoms with Crippen molar-refractivity contribution in [2.75, 3.05) is 31.1 Å². The van der Waals surface area contributed by atoms with E-state index >= 15 is 0 Å². The molecule has 1 aliphatic heterocycles. The van der Waals surface area contributed by atoms with Crippen LogP contribution in [0.2, 0.25) is 5.02 Å². The number of hydrogen-bond donors (Lipinski definition) is 1. The smallest absolute Gasteiger partial charge is 0.234 e. The number of carbonyl (C=O) groups is 1. The molecule has 2 N–H and O–H groups in total. The zero-order valence-electron chi connectivity index (χ0n) is 10.5. The van der Waals surface area contributed by atoms with Crippen LogP contribution in [0, 0.1) is 0 Å². The van der Waals surface area contributed by atoms with Crippen LogP contribution in [-0.2, 0) is 4.79 Å². The highest BCUT2D eigenvalue weighted by molar-refractivity contribution is 6.30. The Labute approximate surface area is 112 Å². The zero-order valence-corrected chi connectivity index (χ0v) is 11.2. The first kappa shape index (κ1) is 13.2. The van der Waals surface area contributed by atoms with Gasteiger partial charge in [0.2, 0.25) is 5.91 Å². The molecule has 1 aromatic rings. The van der Waals surface area contributed by atoms with E-state index < -0.39 is 0 Å². The minimum atomic E-state index is -0.255. The summed E-state index contributed by atoms with van der Waals surface area (Å²) >= 11 is 5.87. The Hall–Kier alpha value is -1.26. The fraction of sp³-hybridized carbons (Fsp3) is 0.462. The molecule has 18 heavy (non-hydrogen) atoms. The molecule has 1 unspecified atom stereocenters. The molecule has 98 valence electrons. The molecule has 0 saturated carbocycles. The van der Waals surface area contributed by atoms with Crippen LogP contribution in [0.25, 0.3) is 0 Å². The van der Waals surface area contributed by atoms with Crippen molar-refractivity contribution < 1.29 is 4.79 Å². The maximum Gasteiger partial charge on any atom is 0.234 e. The van der Waals surface area contributed by atoms with Gasteiger partial charge in [0, 0.05) is 36.9 Å². The minimum absolute atomic E-state index is 0.183. The Bertz CT molecular complexity index is 413. The Morgan fingerprint density at radius 3 is 2.28 bits per heavy atom. The van der Waals surface area contributed by atoms with Crippen LogP contribution < -0.4 is 10.6 Å².